The van der Waals surface area contributed by atoms with Crippen molar-refractivity contribution in [1.82, 2.24) is 0 Å². The summed E-state index contributed by atoms with van der Waals surface area (Å²) in [5.41, 5.74) is 0. The first-order chi connectivity index (χ1) is 3.25. The summed E-state index contributed by atoms with van der Waals surface area (Å²) < 4.78 is 0.297. The summed E-state index contributed by atoms with van der Waals surface area (Å²) in [6.45, 7) is 3.99. The van der Waals surface area contributed by atoms with Crippen LogP contribution in [0.1, 0.15) is 0 Å². The normalized spacial score (nSPS) is 14.2. The summed E-state index contributed by atoms with van der Waals surface area (Å²) in [4.78, 5) is 0. The minimum atomic E-state index is 0.0875. The molecule has 0 saturated carbocycles. The number of alkyl halides is 5. The van der Waals surface area contributed by atoms with Crippen molar-refractivity contribution < 1.29 is 0 Å². The number of halogens is 5. The molecule has 1 radical (unpaired) electrons. The van der Waals surface area contributed by atoms with Gasteiger partial charge in [-0.3, -0.25) is 0 Å². The van der Waals surface area contributed by atoms with Crippen molar-refractivity contribution >= 4 is 113 Å². The average Bonchev–Trinajstić information content (AvgIpc) is 1.25. The molecule has 0 rings (SSSR count). The monoisotopic (exact) mass is 673 g/mol. The molecule has 5 heteroatoms. The highest BCUT2D eigenvalue weighted by Crippen LogP contribution is 2.53. The third-order valence-electron chi connectivity index (χ3n) is 0.415. The van der Waals surface area contributed by atoms with Gasteiger partial charge in [-0.1, -0.05) is 113 Å². The Labute approximate surface area is 118 Å². The van der Waals surface area contributed by atoms with E-state index in [2.05, 4.69) is 120 Å². The average molecular weight is 673 g/mol. The van der Waals surface area contributed by atoms with Gasteiger partial charge in [0.15, 0.2) is 0 Å². The molecule has 0 unspecified atom stereocenters. The zero-order valence-corrected chi connectivity index (χ0v) is 14.4. The Kier molecular flexibility index (Phi) is 5.90. The summed E-state index contributed by atoms with van der Waals surface area (Å²) in [6, 6.07) is 0. The van der Waals surface area contributed by atoms with Crippen molar-refractivity contribution in [1.29, 1.82) is 0 Å². The standard InChI is InChI=1S/C3H2I5/c1-2(4,5)3(6,7)8/h1H2. The molecule has 0 aliphatic carbocycles. The van der Waals surface area contributed by atoms with E-state index in [1.165, 1.54) is 0 Å². The largest absolute Gasteiger partial charge is 0.147 e. The lowest BCUT2D eigenvalue weighted by atomic mass is 10.6. The zero-order valence-electron chi connectivity index (χ0n) is 3.60. The summed E-state index contributed by atoms with van der Waals surface area (Å²) in [5, 5.41) is 0. The molecule has 0 amide bonds. The van der Waals surface area contributed by atoms with E-state index >= 15 is 0 Å². The fraction of sp³-hybridized carbons (Fsp3) is 0.667. The molecule has 0 aliphatic heterocycles. The van der Waals surface area contributed by atoms with Crippen LogP contribution in [0.2, 0.25) is 0 Å². The summed E-state index contributed by atoms with van der Waals surface area (Å²) in [7, 11) is 0. The van der Waals surface area contributed by atoms with Crippen molar-refractivity contribution in [3.63, 3.8) is 0 Å². The van der Waals surface area contributed by atoms with Gasteiger partial charge in [-0.15, -0.1) is 0 Å². The van der Waals surface area contributed by atoms with E-state index in [0.717, 1.165) is 0 Å². The Hall–Kier alpha value is 3.65. The Morgan fingerprint density at radius 3 is 1.00 bits per heavy atom. The van der Waals surface area contributed by atoms with Crippen molar-refractivity contribution in [2.75, 3.05) is 0 Å². The van der Waals surface area contributed by atoms with E-state index in [1.54, 1.807) is 0 Å². The van der Waals surface area contributed by atoms with E-state index in [1.807, 2.05) is 0 Å². The molecule has 0 aliphatic rings. The van der Waals surface area contributed by atoms with E-state index in [0.29, 0.717) is 0 Å². The Balaban J connectivity index is 4.02. The van der Waals surface area contributed by atoms with Crippen LogP contribution in [-0.2, 0) is 0 Å². The highest BCUT2D eigenvalue weighted by Gasteiger charge is 2.37. The summed E-state index contributed by atoms with van der Waals surface area (Å²) in [6.07, 6.45) is 0. The molecule has 0 nitrogen and oxygen atoms in total. The third kappa shape index (κ3) is 4.51. The third-order valence-corrected chi connectivity index (χ3v) is 11.0. The minimum Gasteiger partial charge on any atom is -0.0640 e. The van der Waals surface area contributed by atoms with Crippen molar-refractivity contribution in [3.05, 3.63) is 6.92 Å². The van der Waals surface area contributed by atoms with Gasteiger partial charge in [0.2, 0.25) is 0 Å². The first kappa shape index (κ1) is 11.6. The topological polar surface area (TPSA) is 0 Å². The van der Waals surface area contributed by atoms with E-state index in [9.17, 15) is 0 Å². The quantitative estimate of drug-likeness (QED) is 0.288. The second-order valence-electron chi connectivity index (χ2n) is 1.20. The van der Waals surface area contributed by atoms with Gasteiger partial charge in [0.1, 0.15) is 0.864 Å². The lowest BCUT2D eigenvalue weighted by molar-refractivity contribution is 1.26. The molecule has 0 N–H and O–H groups in total. The van der Waals surface area contributed by atoms with Crippen LogP contribution in [0.25, 0.3) is 0 Å². The van der Waals surface area contributed by atoms with Crippen molar-refractivity contribution in [2.24, 2.45) is 0 Å². The van der Waals surface area contributed by atoms with Gasteiger partial charge in [0, 0.05) is 0 Å². The molecular weight excluding hydrogens is 671 g/mol. The molecule has 0 saturated heterocycles. The van der Waals surface area contributed by atoms with Gasteiger partial charge in [-0.25, -0.2) is 0 Å². The van der Waals surface area contributed by atoms with Crippen LogP contribution in [0.5, 0.6) is 0 Å². The van der Waals surface area contributed by atoms with Crippen LogP contribution >= 0.6 is 113 Å². The number of hydrogen-bond donors (Lipinski definition) is 0. The maximum Gasteiger partial charge on any atom is 0.147 e. The molecule has 0 aromatic rings. The second kappa shape index (κ2) is 4.05. The predicted molar refractivity (Wildman–Crippen MR) is 80.9 cm³/mol. The molecule has 0 bridgehead atoms. The van der Waals surface area contributed by atoms with Gasteiger partial charge in [-0.05, 0) is 6.92 Å². The number of rotatable bonds is 1. The fourth-order valence-electron chi connectivity index (χ4n) is 0. The van der Waals surface area contributed by atoms with E-state index in [-0.39, 0.29) is 0.864 Å². The molecule has 0 aromatic heterocycles. The maximum absolute atomic E-state index is 3.99. The van der Waals surface area contributed by atoms with Crippen molar-refractivity contribution in [3.8, 4) is 0 Å². The van der Waals surface area contributed by atoms with Crippen LogP contribution in [0.4, 0.5) is 0 Å². The Morgan fingerprint density at radius 1 is 0.875 bits per heavy atom. The van der Waals surface area contributed by atoms with E-state index < -0.39 is 0 Å². The summed E-state index contributed by atoms with van der Waals surface area (Å²) >= 11 is 11.8. The number of hydrogen-bond acceptors (Lipinski definition) is 0. The summed E-state index contributed by atoms with van der Waals surface area (Å²) in [5.74, 6) is 0. The van der Waals surface area contributed by atoms with Gasteiger partial charge in [-0.2, -0.15) is 0 Å². The lowest BCUT2D eigenvalue weighted by Crippen LogP contribution is -2.23. The van der Waals surface area contributed by atoms with Crippen LogP contribution in [-0.4, -0.2) is 0.864 Å². The highest BCUT2D eigenvalue weighted by molar-refractivity contribution is 14.3. The van der Waals surface area contributed by atoms with Crippen LogP contribution < -0.4 is 0 Å². The van der Waals surface area contributed by atoms with Gasteiger partial charge in [0.05, 0.1) is 0 Å². The molecule has 0 fully saturated rings. The molecule has 49 valence electrons. The molecule has 8 heavy (non-hydrogen) atoms. The zero-order chi connectivity index (χ0) is 7.00. The van der Waals surface area contributed by atoms with E-state index in [4.69, 9.17) is 0 Å². The molecule has 0 spiro atoms. The maximum atomic E-state index is 3.99. The highest BCUT2D eigenvalue weighted by atomic mass is 127. The van der Waals surface area contributed by atoms with Crippen molar-refractivity contribution in [2.45, 2.75) is 0.864 Å². The van der Waals surface area contributed by atoms with Crippen LogP contribution in [0, 0.1) is 6.92 Å². The van der Waals surface area contributed by atoms with Gasteiger partial charge < -0.3 is 0 Å². The molecule has 0 aromatic carbocycles. The lowest BCUT2D eigenvalue weighted by Gasteiger charge is -2.24. The second-order valence-corrected chi connectivity index (χ2v) is 18.0. The Morgan fingerprint density at radius 2 is 1.00 bits per heavy atom. The smallest absolute Gasteiger partial charge is 0.0640 e. The van der Waals surface area contributed by atoms with Crippen LogP contribution in [0.15, 0.2) is 0 Å². The predicted octanol–water partition coefficient (Wildman–Crippen LogP) is 4.35. The molecule has 0 heterocycles. The molecular formula is C3H2I5. The minimum absolute atomic E-state index is 0.0875. The van der Waals surface area contributed by atoms with Gasteiger partial charge in [0.25, 0.3) is 0 Å². The first-order valence-corrected chi connectivity index (χ1v) is 6.94. The molecule has 0 atom stereocenters. The SMILES string of the molecule is [CH2]C(I)(I)C(I)(I)I. The Bertz CT molecular complexity index is 62.7. The fourth-order valence-corrected chi connectivity index (χ4v) is 0. The van der Waals surface area contributed by atoms with Crippen LogP contribution in [0.3, 0.4) is 0 Å². The van der Waals surface area contributed by atoms with Gasteiger partial charge >= 0.3 is 0 Å². The first-order valence-electron chi connectivity index (χ1n) is 1.55.